The third-order valence-corrected chi connectivity index (χ3v) is 4.87. The molecule has 0 spiro atoms. The minimum absolute atomic E-state index is 0.277. The van der Waals surface area contributed by atoms with Crippen molar-refractivity contribution in [1.29, 1.82) is 0 Å². The molecule has 3 rings (SSSR count). The first-order valence-electron chi connectivity index (χ1n) is 10.8. The highest BCUT2D eigenvalue weighted by molar-refractivity contribution is 5.87. The average Bonchev–Trinajstić information content (AvgIpc) is 2.85. The highest BCUT2D eigenvalue weighted by atomic mass is 16.5. The van der Waals surface area contributed by atoms with Gasteiger partial charge in [0.15, 0.2) is 17.8 Å². The van der Waals surface area contributed by atoms with E-state index in [4.69, 9.17) is 4.74 Å². The van der Waals surface area contributed by atoms with E-state index in [1.165, 1.54) is 5.56 Å². The normalized spacial score (nSPS) is 10.9. The molecule has 5 nitrogen and oxygen atoms in total. The Morgan fingerprint density at radius 1 is 0.879 bits per heavy atom. The Morgan fingerprint density at radius 3 is 2.06 bits per heavy atom. The van der Waals surface area contributed by atoms with Gasteiger partial charge < -0.3 is 15.0 Å². The number of anilines is 1. The fourth-order valence-corrected chi connectivity index (χ4v) is 3.27. The lowest BCUT2D eigenvalue weighted by atomic mass is 9.96. The van der Waals surface area contributed by atoms with Crippen LogP contribution < -0.4 is 15.0 Å². The summed E-state index contributed by atoms with van der Waals surface area (Å²) in [7, 11) is 7.61. The second-order valence-electron chi connectivity index (χ2n) is 7.65. The Labute approximate surface area is 196 Å². The summed E-state index contributed by atoms with van der Waals surface area (Å²) in [6.07, 6.45) is 2.96. The average molecular weight is 445 g/mol. The molecule has 0 aliphatic carbocycles. The van der Waals surface area contributed by atoms with Crippen molar-refractivity contribution in [2.75, 3.05) is 33.1 Å². The molecule has 0 fully saturated rings. The van der Waals surface area contributed by atoms with Crippen LogP contribution >= 0.6 is 0 Å². The number of rotatable bonds is 9. The second-order valence-corrected chi connectivity index (χ2v) is 7.65. The first kappa shape index (κ1) is 25.6. The molecule has 5 heteroatoms. The van der Waals surface area contributed by atoms with Gasteiger partial charge in [-0.25, -0.2) is 0 Å². The van der Waals surface area contributed by atoms with Gasteiger partial charge in [0.1, 0.15) is 6.29 Å². The third kappa shape index (κ3) is 7.74. The van der Waals surface area contributed by atoms with Crippen LogP contribution in [0.2, 0.25) is 0 Å². The molecule has 3 aromatic carbocycles. The van der Waals surface area contributed by atoms with Gasteiger partial charge in [-0.15, -0.1) is 0 Å². The van der Waals surface area contributed by atoms with Crippen LogP contribution in [0.4, 0.5) is 5.69 Å². The smallest absolute Gasteiger partial charge is 0.185 e. The van der Waals surface area contributed by atoms with Crippen molar-refractivity contribution in [3.8, 4) is 5.75 Å². The molecule has 0 amide bonds. The number of allylic oxidation sites excluding steroid dienone is 2. The number of para-hydroxylation sites is 2. The lowest BCUT2D eigenvalue weighted by molar-refractivity contribution is -0.106. The van der Waals surface area contributed by atoms with Crippen LogP contribution in [0.3, 0.4) is 0 Å². The van der Waals surface area contributed by atoms with Crippen molar-refractivity contribution in [3.63, 3.8) is 0 Å². The van der Waals surface area contributed by atoms with E-state index >= 15 is 0 Å². The number of hydrogen-bond donors (Lipinski definition) is 1. The lowest BCUT2D eigenvalue weighted by Crippen LogP contribution is -2.11. The second kappa shape index (κ2) is 13.7. The molecule has 0 saturated carbocycles. The third-order valence-electron chi connectivity index (χ3n) is 4.87. The molecule has 0 saturated heterocycles. The Bertz CT molecular complexity index is 1040. The molecule has 0 unspecified atom stereocenters. The lowest BCUT2D eigenvalue weighted by Gasteiger charge is -2.19. The molecule has 0 aromatic heterocycles. The van der Waals surface area contributed by atoms with Gasteiger partial charge in [0.2, 0.25) is 0 Å². The fraction of sp³-hybridized carbons (Fsp3) is 0.214. The maximum absolute atomic E-state index is 12.1. The monoisotopic (exact) mass is 444 g/mol. The van der Waals surface area contributed by atoms with Crippen LogP contribution in [0.25, 0.3) is 5.57 Å². The highest BCUT2D eigenvalue weighted by Gasteiger charge is 2.15. The van der Waals surface area contributed by atoms with E-state index in [9.17, 15) is 9.59 Å². The van der Waals surface area contributed by atoms with Crippen molar-refractivity contribution in [2.45, 2.75) is 12.8 Å². The molecule has 3 aromatic rings. The largest absolute Gasteiger partial charge is 0.451 e. The van der Waals surface area contributed by atoms with Crippen LogP contribution in [0, 0.1) is 0 Å². The predicted molar refractivity (Wildman–Crippen MR) is 136 cm³/mol. The van der Waals surface area contributed by atoms with Crippen LogP contribution in [0.5, 0.6) is 5.75 Å². The van der Waals surface area contributed by atoms with Crippen LogP contribution in [-0.2, 0) is 11.2 Å². The quantitative estimate of drug-likeness (QED) is 0.285. The number of hydrogen-bond acceptors (Lipinski definition) is 5. The molecule has 33 heavy (non-hydrogen) atoms. The van der Waals surface area contributed by atoms with Crippen molar-refractivity contribution in [1.82, 2.24) is 5.32 Å². The minimum Gasteiger partial charge on any atom is -0.451 e. The van der Waals surface area contributed by atoms with Gasteiger partial charge in [0.25, 0.3) is 0 Å². The molecule has 0 radical (unpaired) electrons. The SMILES string of the molecule is CN(C)c1ccccc1O/C(C=O)=C(/CCc1ccccc1)c1ccc(C=O)cc1.CNC. The first-order chi connectivity index (χ1) is 16.0. The van der Waals surface area contributed by atoms with Crippen LogP contribution in [0.1, 0.15) is 27.9 Å². The maximum atomic E-state index is 12.1. The number of nitrogens with zero attached hydrogens (tertiary/aromatic N) is 1. The van der Waals surface area contributed by atoms with E-state index in [0.29, 0.717) is 17.7 Å². The molecule has 0 aliphatic heterocycles. The van der Waals surface area contributed by atoms with Gasteiger partial charge in [0.05, 0.1) is 5.69 Å². The summed E-state index contributed by atoms with van der Waals surface area (Å²) in [5, 5.41) is 2.75. The molecule has 1 N–H and O–H groups in total. The Kier molecular flexibility index (Phi) is 10.6. The Hall–Kier alpha value is -3.70. The molecule has 172 valence electrons. The van der Waals surface area contributed by atoms with Crippen LogP contribution in [-0.4, -0.2) is 40.8 Å². The number of aldehydes is 2. The number of nitrogens with one attached hydrogen (secondary N) is 1. The number of aryl methyl sites for hydroxylation is 1. The number of carbonyl (C=O) groups excluding carboxylic acids is 2. The van der Waals surface area contributed by atoms with Gasteiger partial charge in [-0.1, -0.05) is 66.7 Å². The van der Waals surface area contributed by atoms with E-state index < -0.39 is 0 Å². The summed E-state index contributed by atoms with van der Waals surface area (Å²) in [5.74, 6) is 0.894. The summed E-state index contributed by atoms with van der Waals surface area (Å²) in [6.45, 7) is 0. The highest BCUT2D eigenvalue weighted by Crippen LogP contribution is 2.31. The Morgan fingerprint density at radius 2 is 1.48 bits per heavy atom. The van der Waals surface area contributed by atoms with Crippen molar-refractivity contribution >= 4 is 23.8 Å². The van der Waals surface area contributed by atoms with E-state index in [-0.39, 0.29) is 5.76 Å². The summed E-state index contributed by atoms with van der Waals surface area (Å²) < 4.78 is 6.12. The number of benzene rings is 3. The molecule has 0 atom stereocenters. The zero-order valence-corrected chi connectivity index (χ0v) is 19.7. The minimum atomic E-state index is 0.277. The number of carbonyl (C=O) groups is 2. The van der Waals surface area contributed by atoms with E-state index in [0.717, 1.165) is 35.8 Å². The zero-order valence-electron chi connectivity index (χ0n) is 19.7. The summed E-state index contributed by atoms with van der Waals surface area (Å²) in [5.41, 5.74) is 4.32. The number of ether oxygens (including phenoxy) is 1. The van der Waals surface area contributed by atoms with Gasteiger partial charge in [0, 0.05) is 25.2 Å². The van der Waals surface area contributed by atoms with E-state index in [2.05, 4.69) is 17.4 Å². The van der Waals surface area contributed by atoms with Crippen molar-refractivity contribution < 1.29 is 14.3 Å². The van der Waals surface area contributed by atoms with Gasteiger partial charge in [-0.05, 0) is 50.2 Å². The molecule has 0 bridgehead atoms. The molecular formula is C28H32N2O3. The molecular weight excluding hydrogens is 412 g/mol. The standard InChI is InChI=1S/C26H25NO3.C2H7N/c1-27(2)24-10-6-7-11-25(24)30-26(19-29)23(17-14-20-8-4-3-5-9-20)22-15-12-21(18-28)13-16-22;1-3-2/h3-13,15-16,18-19H,14,17H2,1-2H3;3H,1-2H3/b26-23-;. The van der Waals surface area contributed by atoms with Crippen LogP contribution in [0.15, 0.2) is 84.6 Å². The van der Waals surface area contributed by atoms with Crippen molar-refractivity contribution in [3.05, 3.63) is 101 Å². The molecule has 0 heterocycles. The van der Waals surface area contributed by atoms with Gasteiger partial charge >= 0.3 is 0 Å². The summed E-state index contributed by atoms with van der Waals surface area (Å²) >= 11 is 0. The van der Waals surface area contributed by atoms with E-state index in [1.807, 2.05) is 87.7 Å². The maximum Gasteiger partial charge on any atom is 0.185 e. The summed E-state index contributed by atoms with van der Waals surface area (Å²) in [4.78, 5) is 25.1. The zero-order chi connectivity index (χ0) is 24.1. The fourth-order valence-electron chi connectivity index (χ4n) is 3.27. The van der Waals surface area contributed by atoms with Gasteiger partial charge in [-0.2, -0.15) is 0 Å². The van der Waals surface area contributed by atoms with E-state index in [1.54, 1.807) is 12.1 Å². The van der Waals surface area contributed by atoms with Gasteiger partial charge in [-0.3, -0.25) is 9.59 Å². The Balaban J connectivity index is 0.00000122. The van der Waals surface area contributed by atoms with Crippen molar-refractivity contribution in [2.24, 2.45) is 0 Å². The summed E-state index contributed by atoms with van der Waals surface area (Å²) in [6, 6.07) is 24.9. The predicted octanol–water partition coefficient (Wildman–Crippen LogP) is 5.02. The topological polar surface area (TPSA) is 58.6 Å². The first-order valence-corrected chi connectivity index (χ1v) is 10.8. The molecule has 0 aliphatic rings.